The lowest BCUT2D eigenvalue weighted by Gasteiger charge is -2.14. The summed E-state index contributed by atoms with van der Waals surface area (Å²) in [5, 5.41) is 15.3. The minimum Gasteiger partial charge on any atom is -0.349 e. The second kappa shape index (κ2) is 6.76. The van der Waals surface area contributed by atoms with Crippen molar-refractivity contribution in [2.24, 2.45) is 0 Å². The molecule has 0 amide bonds. The molecule has 3 rings (SSSR count). The fourth-order valence-corrected chi connectivity index (χ4v) is 2.97. The van der Waals surface area contributed by atoms with Crippen LogP contribution in [0.3, 0.4) is 0 Å². The van der Waals surface area contributed by atoms with Crippen molar-refractivity contribution in [1.29, 1.82) is 0 Å². The number of pyridine rings is 1. The van der Waals surface area contributed by atoms with Crippen molar-refractivity contribution in [3.63, 3.8) is 0 Å². The van der Waals surface area contributed by atoms with Crippen LogP contribution in [0.2, 0.25) is 0 Å². The summed E-state index contributed by atoms with van der Waals surface area (Å²) < 4.78 is 1.43. The van der Waals surface area contributed by atoms with Gasteiger partial charge in [0, 0.05) is 17.6 Å². The second-order valence-corrected chi connectivity index (χ2v) is 5.72. The van der Waals surface area contributed by atoms with Crippen molar-refractivity contribution in [2.75, 3.05) is 5.32 Å². The number of aryl methyl sites for hydroxylation is 2. The van der Waals surface area contributed by atoms with E-state index in [1.807, 2.05) is 36.4 Å². The van der Waals surface area contributed by atoms with Crippen molar-refractivity contribution in [1.82, 2.24) is 4.57 Å². The number of anilines is 2. The van der Waals surface area contributed by atoms with Crippen LogP contribution < -0.4 is 10.9 Å². The molecule has 1 heterocycles. The number of para-hydroxylation sites is 1. The zero-order chi connectivity index (χ0) is 18.0. The van der Waals surface area contributed by atoms with E-state index in [1.54, 1.807) is 19.1 Å². The Hall–Kier alpha value is -3.15. The van der Waals surface area contributed by atoms with Gasteiger partial charge in [0.1, 0.15) is 5.69 Å². The van der Waals surface area contributed by atoms with Gasteiger partial charge in [0.25, 0.3) is 0 Å². The zero-order valence-corrected chi connectivity index (χ0v) is 14.2. The quantitative estimate of drug-likeness (QED) is 0.558. The van der Waals surface area contributed by atoms with Crippen LogP contribution in [0.25, 0.3) is 10.9 Å². The van der Waals surface area contributed by atoms with Gasteiger partial charge in [-0.25, -0.2) is 0 Å². The Labute approximate surface area is 144 Å². The third-order valence-corrected chi connectivity index (χ3v) is 4.28. The topological polar surface area (TPSA) is 77.2 Å². The standard InChI is InChI=1S/C19H19N3O3/c1-3-13-9-11-14(12-10-13)20-17-15-7-5-6-8-16(15)21(4-2)19(23)18(17)22(24)25/h5-12,20H,3-4H2,1-2H3. The molecule has 6 nitrogen and oxygen atoms in total. The summed E-state index contributed by atoms with van der Waals surface area (Å²) in [5.74, 6) is 0. The number of benzene rings is 2. The summed E-state index contributed by atoms with van der Waals surface area (Å²) in [6, 6.07) is 14.9. The molecule has 1 N–H and O–H groups in total. The van der Waals surface area contributed by atoms with Gasteiger partial charge in [-0.3, -0.25) is 14.9 Å². The number of fused-ring (bicyclic) bond motifs is 1. The molecular formula is C19H19N3O3. The molecule has 0 aliphatic rings. The van der Waals surface area contributed by atoms with E-state index in [-0.39, 0.29) is 5.69 Å². The van der Waals surface area contributed by atoms with Crippen LogP contribution in [0.15, 0.2) is 53.3 Å². The van der Waals surface area contributed by atoms with E-state index < -0.39 is 16.2 Å². The number of nitrogens with one attached hydrogen (secondary N) is 1. The molecule has 0 aliphatic heterocycles. The number of nitrogens with zero attached hydrogens (tertiary/aromatic N) is 2. The molecule has 0 spiro atoms. The first kappa shape index (κ1) is 16.7. The summed E-state index contributed by atoms with van der Waals surface area (Å²) in [4.78, 5) is 23.6. The minimum absolute atomic E-state index is 0.236. The number of rotatable bonds is 5. The van der Waals surface area contributed by atoms with Crippen molar-refractivity contribution in [3.8, 4) is 0 Å². The van der Waals surface area contributed by atoms with Gasteiger partial charge < -0.3 is 9.88 Å². The second-order valence-electron chi connectivity index (χ2n) is 5.72. The lowest BCUT2D eigenvalue weighted by Crippen LogP contribution is -2.23. The summed E-state index contributed by atoms with van der Waals surface area (Å²) in [5.41, 5.74) is 1.76. The van der Waals surface area contributed by atoms with Crippen LogP contribution in [-0.2, 0) is 13.0 Å². The van der Waals surface area contributed by atoms with Crippen LogP contribution in [-0.4, -0.2) is 9.49 Å². The van der Waals surface area contributed by atoms with Gasteiger partial charge in [0.15, 0.2) is 0 Å². The molecule has 6 heteroatoms. The summed E-state index contributed by atoms with van der Waals surface area (Å²) in [7, 11) is 0. The molecule has 128 valence electrons. The molecule has 0 aliphatic carbocycles. The fourth-order valence-electron chi connectivity index (χ4n) is 2.97. The van der Waals surface area contributed by atoms with Gasteiger partial charge in [0.05, 0.1) is 10.4 Å². The van der Waals surface area contributed by atoms with Crippen molar-refractivity contribution < 1.29 is 4.92 Å². The summed E-state index contributed by atoms with van der Waals surface area (Å²) in [6.07, 6.45) is 0.913. The predicted octanol–water partition coefficient (Wildman–Crippen LogP) is 4.24. The molecule has 1 aromatic heterocycles. The van der Waals surface area contributed by atoms with Crippen LogP contribution >= 0.6 is 0 Å². The minimum atomic E-state index is -0.607. The Bertz CT molecular complexity index is 991. The van der Waals surface area contributed by atoms with Crippen LogP contribution in [0.4, 0.5) is 17.1 Å². The highest BCUT2D eigenvalue weighted by Gasteiger charge is 2.25. The smallest absolute Gasteiger partial charge is 0.349 e. The van der Waals surface area contributed by atoms with Gasteiger partial charge in [-0.1, -0.05) is 37.3 Å². The van der Waals surface area contributed by atoms with E-state index in [0.29, 0.717) is 23.1 Å². The zero-order valence-electron chi connectivity index (χ0n) is 14.2. The van der Waals surface area contributed by atoms with E-state index in [9.17, 15) is 14.9 Å². The molecule has 3 aromatic rings. The average Bonchev–Trinajstić information content (AvgIpc) is 2.62. The highest BCUT2D eigenvalue weighted by atomic mass is 16.6. The van der Waals surface area contributed by atoms with E-state index in [0.717, 1.165) is 6.42 Å². The number of aromatic nitrogens is 1. The third-order valence-electron chi connectivity index (χ3n) is 4.28. The molecular weight excluding hydrogens is 318 g/mol. The van der Waals surface area contributed by atoms with Crippen molar-refractivity contribution >= 4 is 28.0 Å². The van der Waals surface area contributed by atoms with Crippen LogP contribution in [0, 0.1) is 10.1 Å². The van der Waals surface area contributed by atoms with Crippen LogP contribution in [0.5, 0.6) is 0 Å². The van der Waals surface area contributed by atoms with Crippen molar-refractivity contribution in [3.05, 3.63) is 74.6 Å². The Morgan fingerprint density at radius 2 is 1.76 bits per heavy atom. The molecule has 0 saturated heterocycles. The first-order valence-electron chi connectivity index (χ1n) is 8.22. The van der Waals surface area contributed by atoms with Gasteiger partial charge in [-0.05, 0) is 37.1 Å². The normalized spacial score (nSPS) is 10.8. The molecule has 0 bridgehead atoms. The van der Waals surface area contributed by atoms with E-state index in [2.05, 4.69) is 12.2 Å². The number of nitro groups is 1. The maximum Gasteiger partial charge on any atom is 0.357 e. The predicted molar refractivity (Wildman–Crippen MR) is 99.6 cm³/mol. The summed E-state index contributed by atoms with van der Waals surface area (Å²) in [6.45, 7) is 4.23. The Morgan fingerprint density at radius 3 is 2.36 bits per heavy atom. The largest absolute Gasteiger partial charge is 0.357 e. The summed E-state index contributed by atoms with van der Waals surface area (Å²) >= 11 is 0. The van der Waals surface area contributed by atoms with Gasteiger partial charge >= 0.3 is 11.2 Å². The average molecular weight is 337 g/mol. The number of hydrogen-bond acceptors (Lipinski definition) is 4. The highest BCUT2D eigenvalue weighted by Crippen LogP contribution is 2.32. The Balaban J connectivity index is 2.26. The maximum absolute atomic E-state index is 12.6. The van der Waals surface area contributed by atoms with Gasteiger partial charge in [-0.15, -0.1) is 0 Å². The molecule has 0 fully saturated rings. The maximum atomic E-state index is 12.6. The molecule has 0 unspecified atom stereocenters. The van der Waals surface area contributed by atoms with Crippen LogP contribution in [0.1, 0.15) is 19.4 Å². The molecule has 0 radical (unpaired) electrons. The van der Waals surface area contributed by atoms with E-state index >= 15 is 0 Å². The van der Waals surface area contributed by atoms with E-state index in [4.69, 9.17) is 0 Å². The molecule has 0 saturated carbocycles. The lowest BCUT2D eigenvalue weighted by molar-refractivity contribution is -0.385. The SMILES string of the molecule is CCc1ccc(Nc2c([N+](=O)[O-])c(=O)n(CC)c3ccccc23)cc1. The number of hydrogen-bond donors (Lipinski definition) is 1. The first-order chi connectivity index (χ1) is 12.1. The Kier molecular flexibility index (Phi) is 4.52. The fraction of sp³-hybridized carbons (Fsp3) is 0.211. The lowest BCUT2D eigenvalue weighted by atomic mass is 10.1. The highest BCUT2D eigenvalue weighted by molar-refractivity contribution is 5.97. The molecule has 25 heavy (non-hydrogen) atoms. The van der Waals surface area contributed by atoms with Gasteiger partial charge in [0.2, 0.25) is 0 Å². The monoisotopic (exact) mass is 337 g/mol. The van der Waals surface area contributed by atoms with Crippen molar-refractivity contribution in [2.45, 2.75) is 26.8 Å². The molecule has 2 aromatic carbocycles. The third kappa shape index (κ3) is 2.98. The van der Waals surface area contributed by atoms with E-state index in [1.165, 1.54) is 10.1 Å². The molecule has 0 atom stereocenters. The first-order valence-corrected chi connectivity index (χ1v) is 8.22. The Morgan fingerprint density at radius 1 is 1.08 bits per heavy atom. The van der Waals surface area contributed by atoms with Gasteiger partial charge in [-0.2, -0.15) is 0 Å².